The summed E-state index contributed by atoms with van der Waals surface area (Å²) in [6.45, 7) is 11.4. The second kappa shape index (κ2) is 4.57. The van der Waals surface area contributed by atoms with Crippen molar-refractivity contribution in [3.05, 3.63) is 28.6 Å². The van der Waals surface area contributed by atoms with Gasteiger partial charge in [0.05, 0.1) is 0 Å². The molecule has 0 aliphatic heterocycles. The predicted molar refractivity (Wildman–Crippen MR) is 62.2 cm³/mol. The van der Waals surface area contributed by atoms with Crippen molar-refractivity contribution < 1.29 is 0 Å². The molecule has 0 saturated carbocycles. The van der Waals surface area contributed by atoms with Gasteiger partial charge in [-0.2, -0.15) is 0 Å². The van der Waals surface area contributed by atoms with Gasteiger partial charge in [-0.25, -0.2) is 4.99 Å². The Balaban J connectivity index is 3.17. The van der Waals surface area contributed by atoms with Crippen molar-refractivity contribution in [1.29, 1.82) is 0 Å². The zero-order valence-electron chi connectivity index (χ0n) is 8.91. The maximum atomic E-state index is 5.29. The van der Waals surface area contributed by atoms with Crippen LogP contribution in [0.2, 0.25) is 0 Å². The number of aryl methyl sites for hydroxylation is 1. The normalized spacial score (nSPS) is 11.1. The van der Waals surface area contributed by atoms with Gasteiger partial charge in [0.2, 0.25) is 0 Å². The van der Waals surface area contributed by atoms with E-state index in [1.54, 1.807) is 0 Å². The van der Waals surface area contributed by atoms with Gasteiger partial charge >= 0.3 is 5.69 Å². The minimum absolute atomic E-state index is 0.748. The molecule has 2 nitrogen and oxygen atoms in total. The molecule has 0 radical (unpaired) electrons. The minimum Gasteiger partial charge on any atom is -0.250 e. The fourth-order valence-corrected chi connectivity index (χ4v) is 1.12. The summed E-state index contributed by atoms with van der Waals surface area (Å²) in [5, 5.41) is 0. The molecule has 0 aliphatic rings. The molecule has 0 N–H and O–H groups in total. The van der Waals surface area contributed by atoms with E-state index in [2.05, 4.69) is 16.8 Å². The molecule has 0 saturated heterocycles. The van der Waals surface area contributed by atoms with Crippen LogP contribution in [-0.4, -0.2) is 5.71 Å². The summed E-state index contributed by atoms with van der Waals surface area (Å²) in [7, 11) is 0. The van der Waals surface area contributed by atoms with Gasteiger partial charge < -0.3 is 0 Å². The zero-order chi connectivity index (χ0) is 10.6. The van der Waals surface area contributed by atoms with Gasteiger partial charge in [-0.1, -0.05) is 13.0 Å². The third-order valence-corrected chi connectivity index (χ3v) is 2.09. The summed E-state index contributed by atoms with van der Waals surface area (Å²) >= 11 is 0. The van der Waals surface area contributed by atoms with Crippen LogP contribution in [0.1, 0.15) is 25.8 Å². The van der Waals surface area contributed by atoms with Crippen LogP contribution in [0.5, 0.6) is 0 Å². The molecule has 2 heteroatoms. The maximum Gasteiger partial charge on any atom is 0.365 e. The van der Waals surface area contributed by atoms with Gasteiger partial charge in [-0.3, -0.25) is 0 Å². The fraction of sp³-hybridized carbons (Fsp3) is 0.333. The van der Waals surface area contributed by atoms with E-state index in [-0.39, 0.29) is 0 Å². The third kappa shape index (κ3) is 2.43. The summed E-state index contributed by atoms with van der Waals surface area (Å²) in [6, 6.07) is 5.89. The van der Waals surface area contributed by atoms with E-state index < -0.39 is 0 Å². The smallest absolute Gasteiger partial charge is 0.250 e. The number of nitrogens with zero attached hydrogens (tertiary/aromatic N) is 2. The molecule has 0 aliphatic carbocycles. The molecule has 0 aromatic heterocycles. The van der Waals surface area contributed by atoms with Gasteiger partial charge in [0.15, 0.2) is 5.69 Å². The highest BCUT2D eigenvalue weighted by atomic mass is 14.8. The predicted octanol–water partition coefficient (Wildman–Crippen LogP) is 4.09. The van der Waals surface area contributed by atoms with Crippen LogP contribution in [-0.2, 0) is 0 Å². The Morgan fingerprint density at radius 3 is 2.79 bits per heavy atom. The van der Waals surface area contributed by atoms with Crippen LogP contribution in [0.15, 0.2) is 23.2 Å². The molecule has 72 valence electrons. The highest BCUT2D eigenvalue weighted by Crippen LogP contribution is 2.29. The quantitative estimate of drug-likeness (QED) is 0.620. The molecular formula is C12H15N2+. The van der Waals surface area contributed by atoms with E-state index in [1.807, 2.05) is 32.0 Å². The summed E-state index contributed by atoms with van der Waals surface area (Å²) in [5.41, 5.74) is 3.82. The first-order valence-corrected chi connectivity index (χ1v) is 4.73. The number of benzene rings is 1. The van der Waals surface area contributed by atoms with Crippen molar-refractivity contribution >= 4 is 17.1 Å². The van der Waals surface area contributed by atoms with Crippen molar-refractivity contribution in [1.82, 2.24) is 0 Å². The van der Waals surface area contributed by atoms with Gasteiger partial charge in [-0.05, 0) is 36.7 Å². The zero-order valence-corrected chi connectivity index (χ0v) is 8.91. The first kappa shape index (κ1) is 10.5. The number of hydrogen-bond donors (Lipinski definition) is 0. The van der Waals surface area contributed by atoms with Crippen molar-refractivity contribution in [2.24, 2.45) is 4.99 Å². The molecule has 1 aromatic rings. The van der Waals surface area contributed by atoms with Crippen LogP contribution in [0.25, 0.3) is 4.85 Å². The largest absolute Gasteiger partial charge is 0.365 e. The standard InChI is InChI=1S/C12H15N2/c1-5-10(3)14-11-7-6-9(2)8-12(11)13-4/h4,6-8H,5H2,1-3H3/q+1. The molecule has 14 heavy (non-hydrogen) atoms. The molecule has 1 rings (SSSR count). The van der Waals surface area contributed by atoms with E-state index in [0.717, 1.165) is 29.1 Å². The lowest BCUT2D eigenvalue weighted by Crippen LogP contribution is -1.85. The summed E-state index contributed by atoms with van der Waals surface area (Å²) in [6.07, 6.45) is 0.942. The lowest BCUT2D eigenvalue weighted by molar-refractivity contribution is 1.25. The molecule has 0 heterocycles. The molecule has 0 amide bonds. The number of rotatable bonds is 2. The van der Waals surface area contributed by atoms with Crippen LogP contribution in [0.4, 0.5) is 11.4 Å². The number of hydrogen-bond acceptors (Lipinski definition) is 1. The number of aliphatic imine (C=N–C) groups is 1. The molecule has 0 unspecified atom stereocenters. The summed E-state index contributed by atoms with van der Waals surface area (Å²) in [5.74, 6) is 0. The first-order chi connectivity index (χ1) is 6.67. The van der Waals surface area contributed by atoms with Gasteiger partial charge in [0, 0.05) is 11.8 Å². The maximum absolute atomic E-state index is 5.29. The average Bonchev–Trinajstić information content (AvgIpc) is 2.20. The SMILES string of the molecule is C#[N+]c1cc(C)ccc1N=C(C)CC. The van der Waals surface area contributed by atoms with Gasteiger partial charge in [0.25, 0.3) is 6.57 Å². The molecule has 0 fully saturated rings. The Hall–Kier alpha value is -1.62. The molecule has 0 bridgehead atoms. The fourth-order valence-electron chi connectivity index (χ4n) is 1.12. The van der Waals surface area contributed by atoms with Crippen molar-refractivity contribution in [2.45, 2.75) is 27.2 Å². The second-order valence-electron chi connectivity index (χ2n) is 3.32. The van der Waals surface area contributed by atoms with E-state index in [9.17, 15) is 0 Å². The topological polar surface area (TPSA) is 16.7 Å². The Kier molecular flexibility index (Phi) is 3.41. The van der Waals surface area contributed by atoms with Crippen LogP contribution in [0, 0.1) is 13.5 Å². The van der Waals surface area contributed by atoms with E-state index >= 15 is 0 Å². The Bertz CT molecular complexity index is 397. The van der Waals surface area contributed by atoms with Crippen LogP contribution in [0.3, 0.4) is 0 Å². The lowest BCUT2D eigenvalue weighted by Gasteiger charge is -1.96. The van der Waals surface area contributed by atoms with Gasteiger partial charge in [0.1, 0.15) is 0 Å². The first-order valence-electron chi connectivity index (χ1n) is 4.73. The van der Waals surface area contributed by atoms with Crippen LogP contribution >= 0.6 is 0 Å². The van der Waals surface area contributed by atoms with Crippen molar-refractivity contribution in [3.63, 3.8) is 0 Å². The Morgan fingerprint density at radius 1 is 1.50 bits per heavy atom. The molecule has 0 spiro atoms. The van der Waals surface area contributed by atoms with E-state index in [0.29, 0.717) is 0 Å². The Labute approximate surface area is 85.1 Å². The van der Waals surface area contributed by atoms with Crippen molar-refractivity contribution in [2.75, 3.05) is 0 Å². The van der Waals surface area contributed by atoms with E-state index in [4.69, 9.17) is 6.57 Å². The highest BCUT2D eigenvalue weighted by molar-refractivity contribution is 5.86. The lowest BCUT2D eigenvalue weighted by atomic mass is 10.2. The van der Waals surface area contributed by atoms with Crippen LogP contribution < -0.4 is 0 Å². The van der Waals surface area contributed by atoms with Crippen molar-refractivity contribution in [3.8, 4) is 6.57 Å². The summed E-state index contributed by atoms with van der Waals surface area (Å²) in [4.78, 5) is 8.14. The molecule has 1 aromatic carbocycles. The molecule has 0 atom stereocenters. The highest BCUT2D eigenvalue weighted by Gasteiger charge is 2.09. The van der Waals surface area contributed by atoms with E-state index in [1.165, 1.54) is 0 Å². The third-order valence-electron chi connectivity index (χ3n) is 2.09. The monoisotopic (exact) mass is 187 g/mol. The molecular weight excluding hydrogens is 172 g/mol. The van der Waals surface area contributed by atoms with Gasteiger partial charge in [-0.15, -0.1) is 0 Å². The average molecular weight is 187 g/mol. The summed E-state index contributed by atoms with van der Waals surface area (Å²) < 4.78 is 0. The minimum atomic E-state index is 0.748. The second-order valence-corrected chi connectivity index (χ2v) is 3.32. The Morgan fingerprint density at radius 2 is 2.21 bits per heavy atom.